The van der Waals surface area contributed by atoms with Crippen LogP contribution in [0.4, 0.5) is 35.1 Å². The molecular formula is C42H53F8N7O14S2. The van der Waals surface area contributed by atoms with E-state index in [1.165, 1.54) is 45.3 Å². The molecule has 0 bridgehead atoms. The van der Waals surface area contributed by atoms with Crippen LogP contribution < -0.4 is 25.8 Å². The normalized spacial score (nSPS) is 21.7. The van der Waals surface area contributed by atoms with Crippen LogP contribution in [0.3, 0.4) is 0 Å². The van der Waals surface area contributed by atoms with Crippen LogP contribution in [0.15, 0.2) is 70.3 Å². The molecule has 4 fully saturated rings. The maximum Gasteiger partial charge on any atom is 0.490 e. The Labute approximate surface area is 413 Å². The number of rotatable bonds is 16. The van der Waals surface area contributed by atoms with Gasteiger partial charge in [0.25, 0.3) is 0 Å². The summed E-state index contributed by atoms with van der Waals surface area (Å²) in [7, 11) is -4.22. The molecule has 4 heterocycles. The number of hydrogen-bond acceptors (Lipinski definition) is 15. The van der Waals surface area contributed by atoms with Crippen molar-refractivity contribution in [2.45, 2.75) is 61.4 Å². The van der Waals surface area contributed by atoms with Gasteiger partial charge in [-0.15, -0.1) is 0 Å². The molecule has 73 heavy (non-hydrogen) atoms. The van der Waals surface area contributed by atoms with Gasteiger partial charge in [-0.1, -0.05) is 0 Å². The van der Waals surface area contributed by atoms with Crippen LogP contribution in [0.5, 0.6) is 11.8 Å². The number of carboxylic acids is 2. The van der Waals surface area contributed by atoms with Crippen LogP contribution in [0.25, 0.3) is 0 Å². The molecule has 0 radical (unpaired) electrons. The number of carboxylic acid groups (broad SMARTS) is 2. The monoisotopic (exact) mass is 1100 g/mol. The largest absolute Gasteiger partial charge is 0.490 e. The number of sulfonamides is 2. The topological polar surface area (TPSA) is 304 Å². The average Bonchev–Trinajstić information content (AvgIpc) is 4.03. The number of fused-ring (bicyclic) bond motifs is 2. The number of alkyl halides is 6. The number of pyridine rings is 2. The third-order valence-electron chi connectivity index (χ3n) is 11.1. The minimum absolute atomic E-state index is 0.0135. The highest BCUT2D eigenvalue weighted by molar-refractivity contribution is 7.89. The Morgan fingerprint density at radius 2 is 1.01 bits per heavy atom. The first-order chi connectivity index (χ1) is 33.8. The maximum absolute atomic E-state index is 13.2. The van der Waals surface area contributed by atoms with E-state index in [0.29, 0.717) is 38.8 Å². The van der Waals surface area contributed by atoms with Gasteiger partial charge in [0.15, 0.2) is 0 Å². The molecule has 4 aliphatic rings. The van der Waals surface area contributed by atoms with E-state index in [1.807, 2.05) is 0 Å². The van der Waals surface area contributed by atoms with Crippen LogP contribution in [0, 0.1) is 35.5 Å². The molecule has 0 spiro atoms. The number of aromatic nitrogens is 2. The molecule has 2 aromatic rings. The van der Waals surface area contributed by atoms with Crippen molar-refractivity contribution >= 4 is 49.8 Å². The molecular weight excluding hydrogens is 1040 g/mol. The quantitative estimate of drug-likeness (QED) is 0.119. The van der Waals surface area contributed by atoms with Crippen LogP contribution in [-0.2, 0) is 48.8 Å². The lowest BCUT2D eigenvalue weighted by atomic mass is 10.1. The van der Waals surface area contributed by atoms with E-state index in [0.717, 1.165) is 0 Å². The lowest BCUT2D eigenvalue weighted by molar-refractivity contribution is -0.193. The molecule has 408 valence electrons. The maximum atomic E-state index is 13.2. The molecule has 2 saturated heterocycles. The van der Waals surface area contributed by atoms with E-state index in [1.54, 1.807) is 34.9 Å². The van der Waals surface area contributed by atoms with E-state index >= 15 is 0 Å². The number of ether oxygens (including phenoxy) is 3. The second kappa shape index (κ2) is 25.3. The molecule has 31 heteroatoms. The van der Waals surface area contributed by atoms with E-state index in [4.69, 9.17) is 39.7 Å². The van der Waals surface area contributed by atoms with Crippen molar-refractivity contribution in [1.29, 1.82) is 0 Å². The van der Waals surface area contributed by atoms with E-state index in [2.05, 4.69) is 20.6 Å². The van der Waals surface area contributed by atoms with Crippen molar-refractivity contribution < 1.29 is 100 Å². The molecule has 6 atom stereocenters. The zero-order chi connectivity index (χ0) is 55.4. The van der Waals surface area contributed by atoms with Crippen molar-refractivity contribution in [3.63, 3.8) is 0 Å². The van der Waals surface area contributed by atoms with Gasteiger partial charge in [0.05, 0.1) is 25.1 Å². The van der Waals surface area contributed by atoms with Crippen molar-refractivity contribution in [2.24, 2.45) is 41.2 Å². The number of nitrogens with one attached hydrogen (secondary N) is 2. The van der Waals surface area contributed by atoms with Crippen LogP contribution in [-0.4, -0.2) is 153 Å². The van der Waals surface area contributed by atoms with Gasteiger partial charge in [0.2, 0.25) is 43.6 Å². The lowest BCUT2D eigenvalue weighted by Crippen LogP contribution is -2.34. The zero-order valence-electron chi connectivity index (χ0n) is 39.4. The first kappa shape index (κ1) is 61.3. The van der Waals surface area contributed by atoms with Crippen molar-refractivity contribution in [3.05, 3.63) is 60.5 Å². The van der Waals surface area contributed by atoms with E-state index in [-0.39, 0.29) is 113 Å². The Morgan fingerprint density at radius 3 is 1.27 bits per heavy atom. The van der Waals surface area contributed by atoms with Gasteiger partial charge in [-0.3, -0.25) is 14.4 Å². The Hall–Kier alpha value is -6.05. The number of nitrogens with two attached hydrogens (primary N) is 1. The van der Waals surface area contributed by atoms with Crippen molar-refractivity contribution in [3.8, 4) is 11.8 Å². The smallest absolute Gasteiger partial charge is 0.475 e. The fraction of sp³-hybridized carbons (Fsp3) is 0.548. The average molecular weight is 1100 g/mol. The molecule has 6 rings (SSSR count). The highest BCUT2D eigenvalue weighted by atomic mass is 32.2. The van der Waals surface area contributed by atoms with Crippen LogP contribution >= 0.6 is 0 Å². The third kappa shape index (κ3) is 17.6. The number of esters is 1. The Bertz CT molecular complexity index is 2520. The minimum atomic E-state index is -5.08. The number of piperidine rings is 2. The summed E-state index contributed by atoms with van der Waals surface area (Å²) in [6.07, 6.45) is -6.85. The molecule has 6 N–H and O–H groups in total. The number of aliphatic carboxylic acids is 2. The summed E-state index contributed by atoms with van der Waals surface area (Å²) < 4.78 is 159. The zero-order valence-corrected chi connectivity index (χ0v) is 41.1. The summed E-state index contributed by atoms with van der Waals surface area (Å²) in [4.78, 5) is 61.1. The van der Waals surface area contributed by atoms with Gasteiger partial charge in [0.1, 0.15) is 28.6 Å². The summed E-state index contributed by atoms with van der Waals surface area (Å²) in [6, 6.07) is 5.61. The Kier molecular flexibility index (Phi) is 21.2. The number of halogens is 8. The molecule has 2 aliphatic heterocycles. The third-order valence-corrected chi connectivity index (χ3v) is 14.7. The van der Waals surface area contributed by atoms with Gasteiger partial charge in [0, 0.05) is 82.8 Å². The first-order valence-electron chi connectivity index (χ1n) is 21.5. The molecule has 2 aliphatic carbocycles. The van der Waals surface area contributed by atoms with E-state index < -0.39 is 55.9 Å². The number of nitrogens with zero attached hydrogens (tertiary/aromatic N) is 4. The van der Waals surface area contributed by atoms with Crippen LogP contribution in [0.2, 0.25) is 0 Å². The standard InChI is InChI=1S/C22H30FN3O6S.C16H21FN4O4S.2C2HF3O2/c1-22(2,3)32-19(27)8-5-14(9-23)13-31-18-7-6-15(10-25-18)33(29,30)26-11-16-17(12-26)20(16)21(28)24-4;1-19-16(22)15-12-7-21(8-13(12)15)26(23,24)11-2-3-14(20-6-11)25-9-10(4-17)5-18;2*3-2(4,5)1(6)7/h6-7,9-10,16-17,20H,5,8,11-13H2,1-4H3,(H,24,28);2-4,6,12-13,15H,5,7-9,18H2,1H3,(H,19,22);2*(H,6,7)/b;10-4+;;/t16-,17+,20?;12-,13+,15?;;. The number of hydrogen-bond donors (Lipinski definition) is 5. The highest BCUT2D eigenvalue weighted by Gasteiger charge is 2.62. The Balaban J connectivity index is 0.000000310. The molecule has 2 amide bonds. The minimum Gasteiger partial charge on any atom is -0.475 e. The number of carbonyl (C=O) groups is 5. The van der Waals surface area contributed by atoms with Gasteiger partial charge < -0.3 is 40.8 Å². The number of carbonyl (C=O) groups excluding carboxylic acids is 3. The lowest BCUT2D eigenvalue weighted by Gasteiger charge is -2.19. The highest BCUT2D eigenvalue weighted by Crippen LogP contribution is 2.53. The van der Waals surface area contributed by atoms with Gasteiger partial charge in [-0.05, 0) is 68.6 Å². The van der Waals surface area contributed by atoms with Gasteiger partial charge >= 0.3 is 30.3 Å². The molecule has 2 aromatic heterocycles. The predicted molar refractivity (Wildman–Crippen MR) is 236 cm³/mol. The summed E-state index contributed by atoms with van der Waals surface area (Å²) >= 11 is 0. The second-order valence-electron chi connectivity index (χ2n) is 17.3. The molecule has 2 saturated carbocycles. The fourth-order valence-electron chi connectivity index (χ4n) is 7.27. The van der Waals surface area contributed by atoms with Crippen LogP contribution in [0.1, 0.15) is 33.6 Å². The summed E-state index contributed by atoms with van der Waals surface area (Å²) in [5.74, 6) is -5.61. The summed E-state index contributed by atoms with van der Waals surface area (Å²) in [5, 5.41) is 19.5. The molecule has 0 aromatic carbocycles. The summed E-state index contributed by atoms with van der Waals surface area (Å²) in [5.41, 5.74) is 5.24. The Morgan fingerprint density at radius 1 is 0.671 bits per heavy atom. The predicted octanol–water partition coefficient (Wildman–Crippen LogP) is 3.20. The van der Waals surface area contributed by atoms with E-state index in [9.17, 15) is 66.3 Å². The van der Waals surface area contributed by atoms with Gasteiger partial charge in [-0.25, -0.2) is 45.2 Å². The molecule has 2 unspecified atom stereocenters. The van der Waals surface area contributed by atoms with Crippen molar-refractivity contribution in [2.75, 3.05) is 60.0 Å². The van der Waals surface area contributed by atoms with Gasteiger partial charge in [-0.2, -0.15) is 35.0 Å². The number of amides is 2. The van der Waals surface area contributed by atoms with Crippen molar-refractivity contribution in [1.82, 2.24) is 29.2 Å². The fourth-order valence-corrected chi connectivity index (χ4v) is 10.2. The second-order valence-corrected chi connectivity index (χ2v) is 21.1. The summed E-state index contributed by atoms with van der Waals surface area (Å²) in [6.45, 7) is 6.40. The molecule has 21 nitrogen and oxygen atoms in total. The first-order valence-corrected chi connectivity index (χ1v) is 24.3. The SMILES string of the molecule is CNC(=O)C1[C@H]2CN(S(=O)(=O)c3ccc(OC/C(=C/F)CN)nc3)C[C@@H]12.CNC(=O)C1[C@H]2CN(S(=O)(=O)c3ccc(OCC(=CF)CCC(=O)OC(C)(C)C)nc3)C[C@@H]12.O=C(O)C(F)(F)F.O=C(O)C(F)(F)F.